The molecule has 6 heteroatoms. The molecule has 0 bridgehead atoms. The van der Waals surface area contributed by atoms with Crippen LogP contribution in [0.15, 0.2) is 6.07 Å². The highest BCUT2D eigenvalue weighted by Crippen LogP contribution is 2.33. The first-order valence-corrected chi connectivity index (χ1v) is 9.84. The van der Waals surface area contributed by atoms with Gasteiger partial charge < -0.3 is 9.64 Å². The maximum Gasteiger partial charge on any atom is 0.348 e. The van der Waals surface area contributed by atoms with Gasteiger partial charge in [0.25, 0.3) is 5.91 Å². The van der Waals surface area contributed by atoms with Crippen LogP contribution in [0.4, 0.5) is 0 Å². The van der Waals surface area contributed by atoms with E-state index in [2.05, 4.69) is 6.07 Å². The van der Waals surface area contributed by atoms with Gasteiger partial charge in [0.2, 0.25) is 0 Å². The molecule has 0 unspecified atom stereocenters. The Kier molecular flexibility index (Phi) is 5.43. The summed E-state index contributed by atoms with van der Waals surface area (Å²) in [5.74, 6) is -0.742. The van der Waals surface area contributed by atoms with Crippen LogP contribution in [0.1, 0.15) is 65.1 Å². The minimum Gasteiger partial charge on any atom is -0.451 e. The van der Waals surface area contributed by atoms with Crippen LogP contribution in [0.25, 0.3) is 0 Å². The van der Waals surface area contributed by atoms with Crippen LogP contribution in [0.3, 0.4) is 0 Å². The first kappa shape index (κ1) is 17.9. The number of thiophene rings is 1. The number of ether oxygens (including phenoxy) is 1. The molecule has 134 valence electrons. The van der Waals surface area contributed by atoms with Crippen molar-refractivity contribution in [3.63, 3.8) is 0 Å². The molecule has 1 aromatic heterocycles. The summed E-state index contributed by atoms with van der Waals surface area (Å²) >= 11 is 1.48. The summed E-state index contributed by atoms with van der Waals surface area (Å²) in [6, 6.07) is 4.23. The number of nitrogens with zero attached hydrogens (tertiary/aromatic N) is 2. The molecule has 3 rings (SSSR count). The van der Waals surface area contributed by atoms with Gasteiger partial charge in [-0.05, 0) is 50.2 Å². The van der Waals surface area contributed by atoms with Gasteiger partial charge >= 0.3 is 5.97 Å². The van der Waals surface area contributed by atoms with E-state index < -0.39 is 11.5 Å². The Hall–Kier alpha value is -1.87. The van der Waals surface area contributed by atoms with Gasteiger partial charge in [0.05, 0.1) is 6.07 Å². The summed E-state index contributed by atoms with van der Waals surface area (Å²) in [7, 11) is 1.65. The molecular weight excluding hydrogens is 336 g/mol. The first-order chi connectivity index (χ1) is 12.1. The molecule has 1 aromatic rings. The van der Waals surface area contributed by atoms with Crippen LogP contribution in [-0.4, -0.2) is 36.0 Å². The van der Waals surface area contributed by atoms with Crippen LogP contribution in [-0.2, 0) is 22.4 Å². The average Bonchev–Trinajstić information content (AvgIpc) is 3.10. The molecular formula is C19H24N2O3S. The largest absolute Gasteiger partial charge is 0.451 e. The second-order valence-corrected chi connectivity index (χ2v) is 8.14. The highest BCUT2D eigenvalue weighted by molar-refractivity contribution is 7.14. The SMILES string of the molecule is CN(C(=O)COC(=O)c1cc2c(s1)CCCC2)C1(C#N)CCCCC1. The van der Waals surface area contributed by atoms with Crippen LogP contribution < -0.4 is 0 Å². The topological polar surface area (TPSA) is 70.4 Å². The highest BCUT2D eigenvalue weighted by atomic mass is 32.1. The van der Waals surface area contributed by atoms with E-state index in [1.165, 1.54) is 33.1 Å². The van der Waals surface area contributed by atoms with Crippen molar-refractivity contribution in [1.82, 2.24) is 4.90 Å². The summed E-state index contributed by atoms with van der Waals surface area (Å²) in [6.45, 7) is -0.304. The number of likely N-dealkylation sites (N-methyl/N-ethyl adjacent to an activating group) is 1. The van der Waals surface area contributed by atoms with Crippen molar-refractivity contribution in [2.75, 3.05) is 13.7 Å². The van der Waals surface area contributed by atoms with Gasteiger partial charge in [0.15, 0.2) is 6.61 Å². The zero-order valence-electron chi connectivity index (χ0n) is 14.7. The Morgan fingerprint density at radius 1 is 1.24 bits per heavy atom. The maximum atomic E-state index is 12.4. The average molecular weight is 360 g/mol. The monoisotopic (exact) mass is 360 g/mol. The molecule has 0 aromatic carbocycles. The van der Waals surface area contributed by atoms with Crippen LogP contribution in [0.2, 0.25) is 0 Å². The molecule has 1 amide bonds. The molecule has 1 heterocycles. The van der Waals surface area contributed by atoms with Gasteiger partial charge in [-0.15, -0.1) is 11.3 Å². The molecule has 0 atom stereocenters. The third kappa shape index (κ3) is 3.72. The molecule has 0 radical (unpaired) electrons. The third-order valence-corrected chi connectivity index (χ3v) is 6.65. The summed E-state index contributed by atoms with van der Waals surface area (Å²) in [5, 5.41) is 9.56. The summed E-state index contributed by atoms with van der Waals surface area (Å²) in [5.41, 5.74) is 0.501. The Balaban J connectivity index is 1.58. The minimum absolute atomic E-state index is 0.304. The number of fused-ring (bicyclic) bond motifs is 1. The summed E-state index contributed by atoms with van der Waals surface area (Å²) in [6.07, 6.45) is 8.76. The van der Waals surface area contributed by atoms with E-state index in [-0.39, 0.29) is 12.5 Å². The zero-order chi connectivity index (χ0) is 17.9. The van der Waals surface area contributed by atoms with Crippen molar-refractivity contribution < 1.29 is 14.3 Å². The van der Waals surface area contributed by atoms with E-state index in [1.54, 1.807) is 7.05 Å². The fraction of sp³-hybridized carbons (Fsp3) is 0.632. The summed E-state index contributed by atoms with van der Waals surface area (Å²) in [4.78, 5) is 28.0. The third-order valence-electron chi connectivity index (χ3n) is 5.43. The van der Waals surface area contributed by atoms with Crippen molar-refractivity contribution in [3.8, 4) is 6.07 Å². The number of carbonyl (C=O) groups excluding carboxylic acids is 2. The van der Waals surface area contributed by atoms with Gasteiger partial charge in [0.1, 0.15) is 10.4 Å². The second-order valence-electron chi connectivity index (χ2n) is 7.00. The van der Waals surface area contributed by atoms with Crippen molar-refractivity contribution in [2.45, 2.75) is 63.3 Å². The number of rotatable bonds is 4. The Labute approximate surface area is 152 Å². The molecule has 1 saturated carbocycles. The highest BCUT2D eigenvalue weighted by Gasteiger charge is 2.39. The zero-order valence-corrected chi connectivity index (χ0v) is 15.5. The number of carbonyl (C=O) groups is 2. The fourth-order valence-corrected chi connectivity index (χ4v) is 4.93. The minimum atomic E-state index is -0.746. The van der Waals surface area contributed by atoms with Crippen LogP contribution in [0, 0.1) is 11.3 Å². The molecule has 0 saturated heterocycles. The van der Waals surface area contributed by atoms with Crippen molar-refractivity contribution in [1.29, 1.82) is 5.26 Å². The Morgan fingerprint density at radius 2 is 1.96 bits per heavy atom. The van der Waals surface area contributed by atoms with E-state index in [1.807, 2.05) is 6.07 Å². The lowest BCUT2D eigenvalue weighted by atomic mass is 9.81. The number of esters is 1. The van der Waals surface area contributed by atoms with Crippen molar-refractivity contribution in [2.24, 2.45) is 0 Å². The molecule has 1 fully saturated rings. The van der Waals surface area contributed by atoms with Gasteiger partial charge in [-0.3, -0.25) is 4.79 Å². The lowest BCUT2D eigenvalue weighted by molar-refractivity contribution is -0.138. The molecule has 0 aliphatic heterocycles. The van der Waals surface area contributed by atoms with Gasteiger partial charge in [0, 0.05) is 11.9 Å². The van der Waals surface area contributed by atoms with E-state index in [9.17, 15) is 14.9 Å². The molecule has 2 aliphatic carbocycles. The van der Waals surface area contributed by atoms with Gasteiger partial charge in [-0.1, -0.05) is 19.3 Å². The number of hydrogen-bond acceptors (Lipinski definition) is 5. The first-order valence-electron chi connectivity index (χ1n) is 9.02. The molecule has 25 heavy (non-hydrogen) atoms. The Bertz CT molecular complexity index is 675. The lowest BCUT2D eigenvalue weighted by Crippen LogP contribution is -2.51. The number of amides is 1. The molecule has 0 N–H and O–H groups in total. The predicted molar refractivity (Wildman–Crippen MR) is 95.4 cm³/mol. The van der Waals surface area contributed by atoms with E-state index in [0.717, 1.165) is 38.5 Å². The van der Waals surface area contributed by atoms with Crippen LogP contribution in [0.5, 0.6) is 0 Å². The van der Waals surface area contributed by atoms with Gasteiger partial charge in [-0.25, -0.2) is 4.79 Å². The number of nitriles is 1. The molecule has 5 nitrogen and oxygen atoms in total. The van der Waals surface area contributed by atoms with E-state index in [0.29, 0.717) is 17.7 Å². The standard InChI is InChI=1S/C19H24N2O3S/c1-21(19(13-20)9-5-2-6-10-19)17(22)12-24-18(23)16-11-14-7-3-4-8-15(14)25-16/h11H,2-10,12H2,1H3. The Morgan fingerprint density at radius 3 is 2.64 bits per heavy atom. The number of hydrogen-bond donors (Lipinski definition) is 0. The van der Waals surface area contributed by atoms with Crippen LogP contribution >= 0.6 is 11.3 Å². The molecule has 0 spiro atoms. The normalized spacial score (nSPS) is 18.7. The molecule has 2 aliphatic rings. The van der Waals surface area contributed by atoms with Crippen molar-refractivity contribution in [3.05, 3.63) is 21.4 Å². The quantitative estimate of drug-likeness (QED) is 0.771. The summed E-state index contributed by atoms with van der Waals surface area (Å²) < 4.78 is 5.24. The smallest absolute Gasteiger partial charge is 0.348 e. The predicted octanol–water partition coefficient (Wildman–Crippen LogP) is 3.47. The second kappa shape index (κ2) is 7.57. The van der Waals surface area contributed by atoms with Gasteiger partial charge in [-0.2, -0.15) is 5.26 Å². The lowest BCUT2D eigenvalue weighted by Gasteiger charge is -2.38. The van der Waals surface area contributed by atoms with E-state index >= 15 is 0 Å². The van der Waals surface area contributed by atoms with Crippen molar-refractivity contribution >= 4 is 23.2 Å². The van der Waals surface area contributed by atoms with E-state index in [4.69, 9.17) is 4.74 Å². The maximum absolute atomic E-state index is 12.4. The fourth-order valence-electron chi connectivity index (χ4n) is 3.78. The number of aryl methyl sites for hydroxylation is 2.